The van der Waals surface area contributed by atoms with Crippen LogP contribution in [0.25, 0.3) is 0 Å². The minimum atomic E-state index is -1.21. The fourth-order valence-electron chi connectivity index (χ4n) is 2.11. The Morgan fingerprint density at radius 3 is 2.16 bits per heavy atom. The van der Waals surface area contributed by atoms with Gasteiger partial charge in [-0.15, -0.1) is 4.99 Å². The lowest BCUT2D eigenvalue weighted by Gasteiger charge is -2.27. The molecule has 0 spiro atoms. The van der Waals surface area contributed by atoms with Gasteiger partial charge in [-0.25, -0.2) is 14.5 Å². The van der Waals surface area contributed by atoms with Crippen molar-refractivity contribution in [1.82, 2.24) is 5.32 Å². The summed E-state index contributed by atoms with van der Waals surface area (Å²) in [4.78, 5) is 52.1. The number of rotatable bonds is 4. The molecule has 0 saturated heterocycles. The Labute approximate surface area is 180 Å². The molecule has 0 radical (unpaired) electrons. The van der Waals surface area contributed by atoms with Crippen molar-refractivity contribution in [3.63, 3.8) is 0 Å². The zero-order valence-electron chi connectivity index (χ0n) is 18.4. The topological polar surface area (TPSA) is 161 Å². The molecule has 1 aromatic carbocycles. The van der Waals surface area contributed by atoms with Gasteiger partial charge >= 0.3 is 18.2 Å². The SMILES string of the molecule is CC(C)(C)OC(=O)N=C(N)N(C(=O)OC(C)(C)C)c1cccc(C(=O)NCC(=O)O)c1. The minimum absolute atomic E-state index is 0.0531. The summed E-state index contributed by atoms with van der Waals surface area (Å²) in [6, 6.07) is 5.58. The van der Waals surface area contributed by atoms with Crippen molar-refractivity contribution in [2.45, 2.75) is 52.7 Å². The molecule has 0 unspecified atom stereocenters. The zero-order valence-corrected chi connectivity index (χ0v) is 18.4. The Balaban J connectivity index is 3.33. The predicted octanol–water partition coefficient (Wildman–Crippen LogP) is 2.49. The van der Waals surface area contributed by atoms with Crippen LogP contribution >= 0.6 is 0 Å². The highest BCUT2D eigenvalue weighted by Gasteiger charge is 2.28. The molecule has 31 heavy (non-hydrogen) atoms. The number of hydrogen-bond acceptors (Lipinski definition) is 6. The summed E-state index contributed by atoms with van der Waals surface area (Å²) in [5.41, 5.74) is 4.31. The maximum Gasteiger partial charge on any atom is 0.437 e. The Morgan fingerprint density at radius 2 is 1.65 bits per heavy atom. The van der Waals surface area contributed by atoms with E-state index in [1.54, 1.807) is 41.5 Å². The molecule has 0 aromatic heterocycles. The van der Waals surface area contributed by atoms with Crippen LogP contribution in [-0.4, -0.2) is 52.9 Å². The Hall–Kier alpha value is -3.63. The number of nitrogens with zero attached hydrogens (tertiary/aromatic N) is 2. The van der Waals surface area contributed by atoms with E-state index < -0.39 is 47.8 Å². The summed E-state index contributed by atoms with van der Waals surface area (Å²) in [6.07, 6.45) is -1.96. The van der Waals surface area contributed by atoms with Crippen LogP contribution in [0.3, 0.4) is 0 Å². The number of guanidine groups is 1. The largest absolute Gasteiger partial charge is 0.480 e. The van der Waals surface area contributed by atoms with Gasteiger partial charge in [-0.1, -0.05) is 6.07 Å². The van der Waals surface area contributed by atoms with Crippen LogP contribution in [0.5, 0.6) is 0 Å². The summed E-state index contributed by atoms with van der Waals surface area (Å²) in [6.45, 7) is 9.26. The summed E-state index contributed by atoms with van der Waals surface area (Å²) < 4.78 is 10.4. The molecule has 170 valence electrons. The number of ether oxygens (including phenoxy) is 2. The number of aliphatic imine (C=N–C) groups is 1. The van der Waals surface area contributed by atoms with Crippen molar-refractivity contribution in [2.24, 2.45) is 10.7 Å². The number of nitrogens with two attached hydrogens (primary N) is 1. The van der Waals surface area contributed by atoms with E-state index >= 15 is 0 Å². The van der Waals surface area contributed by atoms with E-state index in [0.717, 1.165) is 4.90 Å². The number of anilines is 1. The maximum atomic E-state index is 12.8. The van der Waals surface area contributed by atoms with E-state index in [4.69, 9.17) is 20.3 Å². The van der Waals surface area contributed by atoms with E-state index in [1.165, 1.54) is 24.3 Å². The van der Waals surface area contributed by atoms with Crippen molar-refractivity contribution >= 4 is 35.7 Å². The Morgan fingerprint density at radius 1 is 1.06 bits per heavy atom. The fraction of sp³-hybridized carbons (Fsp3) is 0.450. The van der Waals surface area contributed by atoms with E-state index in [2.05, 4.69) is 10.3 Å². The second-order valence-corrected chi connectivity index (χ2v) is 8.39. The first kappa shape index (κ1) is 25.4. The van der Waals surface area contributed by atoms with E-state index in [-0.39, 0.29) is 11.3 Å². The number of amides is 3. The van der Waals surface area contributed by atoms with Gasteiger partial charge in [0, 0.05) is 5.56 Å². The molecule has 1 aromatic rings. The lowest BCUT2D eigenvalue weighted by atomic mass is 10.1. The smallest absolute Gasteiger partial charge is 0.437 e. The molecule has 0 aliphatic carbocycles. The van der Waals surface area contributed by atoms with Gasteiger partial charge in [0.1, 0.15) is 17.7 Å². The zero-order chi connectivity index (χ0) is 24.0. The van der Waals surface area contributed by atoms with E-state index in [1.807, 2.05) is 0 Å². The van der Waals surface area contributed by atoms with Crippen LogP contribution in [-0.2, 0) is 14.3 Å². The van der Waals surface area contributed by atoms with Gasteiger partial charge in [0.25, 0.3) is 5.91 Å². The number of carboxylic acids is 1. The second kappa shape index (κ2) is 9.92. The Kier molecular flexibility index (Phi) is 8.13. The lowest BCUT2D eigenvalue weighted by molar-refractivity contribution is -0.135. The van der Waals surface area contributed by atoms with E-state index in [9.17, 15) is 19.2 Å². The number of carbonyl (C=O) groups excluding carboxylic acids is 3. The molecule has 0 aliphatic rings. The van der Waals surface area contributed by atoms with Gasteiger partial charge in [-0.3, -0.25) is 9.59 Å². The third-order valence-electron chi connectivity index (χ3n) is 3.17. The van der Waals surface area contributed by atoms with Gasteiger partial charge < -0.3 is 25.6 Å². The highest BCUT2D eigenvalue weighted by atomic mass is 16.6. The summed E-state index contributed by atoms with van der Waals surface area (Å²) >= 11 is 0. The second-order valence-electron chi connectivity index (χ2n) is 8.39. The van der Waals surface area contributed by atoms with Gasteiger partial charge in [0.15, 0.2) is 0 Å². The summed E-state index contributed by atoms with van der Waals surface area (Å²) in [5.74, 6) is -2.43. The average molecular weight is 436 g/mol. The molecule has 0 aliphatic heterocycles. The van der Waals surface area contributed by atoms with Crippen molar-refractivity contribution < 1.29 is 33.8 Å². The van der Waals surface area contributed by atoms with Gasteiger partial charge in [0.2, 0.25) is 5.96 Å². The van der Waals surface area contributed by atoms with Crippen molar-refractivity contribution in [3.05, 3.63) is 29.8 Å². The minimum Gasteiger partial charge on any atom is -0.480 e. The molecular formula is C20H28N4O7. The first-order valence-electron chi connectivity index (χ1n) is 9.29. The molecule has 3 amide bonds. The van der Waals surface area contributed by atoms with Crippen LogP contribution in [0.4, 0.5) is 15.3 Å². The third-order valence-corrected chi connectivity index (χ3v) is 3.17. The summed E-state index contributed by atoms with van der Waals surface area (Å²) in [5, 5.41) is 10.9. The van der Waals surface area contributed by atoms with Gasteiger partial charge in [-0.2, -0.15) is 0 Å². The molecule has 1 rings (SSSR count). The van der Waals surface area contributed by atoms with Gasteiger partial charge in [0.05, 0.1) is 5.69 Å². The lowest BCUT2D eigenvalue weighted by Crippen LogP contribution is -2.45. The monoisotopic (exact) mass is 436 g/mol. The number of hydrogen-bond donors (Lipinski definition) is 3. The number of aliphatic carboxylic acids is 1. The fourth-order valence-corrected chi connectivity index (χ4v) is 2.11. The molecule has 0 saturated carbocycles. The molecule has 11 nitrogen and oxygen atoms in total. The number of carboxylic acid groups (broad SMARTS) is 1. The number of carbonyl (C=O) groups is 4. The average Bonchev–Trinajstić information content (AvgIpc) is 2.56. The van der Waals surface area contributed by atoms with Gasteiger partial charge in [-0.05, 0) is 59.7 Å². The molecule has 0 bridgehead atoms. The quantitative estimate of drug-likeness (QED) is 0.479. The van der Waals surface area contributed by atoms with Crippen LogP contribution in [0.2, 0.25) is 0 Å². The normalized spacial score (nSPS) is 12.0. The van der Waals surface area contributed by atoms with E-state index in [0.29, 0.717) is 0 Å². The van der Waals surface area contributed by atoms with Crippen LogP contribution < -0.4 is 16.0 Å². The first-order valence-corrected chi connectivity index (χ1v) is 9.29. The van der Waals surface area contributed by atoms with Crippen LogP contribution in [0.1, 0.15) is 51.9 Å². The molecular weight excluding hydrogens is 408 g/mol. The van der Waals surface area contributed by atoms with Crippen molar-refractivity contribution in [2.75, 3.05) is 11.4 Å². The van der Waals surface area contributed by atoms with Crippen LogP contribution in [0, 0.1) is 0 Å². The number of nitrogens with one attached hydrogen (secondary N) is 1. The maximum absolute atomic E-state index is 12.8. The highest BCUT2D eigenvalue weighted by molar-refractivity contribution is 6.15. The molecule has 11 heteroatoms. The van der Waals surface area contributed by atoms with Crippen LogP contribution in [0.15, 0.2) is 29.3 Å². The molecule has 4 N–H and O–H groups in total. The Bertz CT molecular complexity index is 882. The standard InChI is InChI=1S/C20H28N4O7/c1-19(2,3)30-17(28)23-16(21)24(18(29)31-20(4,5)6)13-9-7-8-12(10-13)15(27)22-11-14(25)26/h7-10H,11H2,1-6H3,(H,22,27)(H,25,26)(H2,21,23,28). The predicted molar refractivity (Wildman–Crippen MR) is 113 cm³/mol. The first-order chi connectivity index (χ1) is 14.1. The highest BCUT2D eigenvalue weighted by Crippen LogP contribution is 2.20. The molecule has 0 fully saturated rings. The van der Waals surface area contributed by atoms with Crippen molar-refractivity contribution in [3.8, 4) is 0 Å². The molecule has 0 heterocycles. The summed E-state index contributed by atoms with van der Waals surface area (Å²) in [7, 11) is 0. The molecule has 0 atom stereocenters. The van der Waals surface area contributed by atoms with Crippen molar-refractivity contribution in [1.29, 1.82) is 0 Å². The third kappa shape index (κ3) is 9.15. The number of benzene rings is 1.